The monoisotopic (exact) mass is 490 g/mol. The first-order valence-corrected chi connectivity index (χ1v) is 11.8. The van der Waals surface area contributed by atoms with E-state index in [1.807, 2.05) is 33.8 Å². The van der Waals surface area contributed by atoms with Gasteiger partial charge in [-0.2, -0.15) is 0 Å². The second-order valence-electron chi connectivity index (χ2n) is 7.90. The summed E-state index contributed by atoms with van der Waals surface area (Å²) in [5, 5.41) is 3.32. The summed E-state index contributed by atoms with van der Waals surface area (Å²) in [5.41, 5.74) is 8.87. The maximum atomic E-state index is 13.4. The molecule has 0 aliphatic rings. The third-order valence-electron chi connectivity index (χ3n) is 5.41. The van der Waals surface area contributed by atoms with Crippen molar-refractivity contribution >= 4 is 28.6 Å². The maximum Gasteiger partial charge on any atom is 0.261 e. The topological polar surface area (TPSA) is 156 Å². The van der Waals surface area contributed by atoms with Crippen molar-refractivity contribution in [2.45, 2.75) is 33.7 Å². The zero-order chi connectivity index (χ0) is 25.7. The number of anilines is 2. The van der Waals surface area contributed by atoms with Crippen molar-refractivity contribution in [1.82, 2.24) is 24.9 Å². The number of pyridine rings is 1. The number of nitrogens with one attached hydrogen (secondary N) is 3. The molecule has 4 aromatic rings. The van der Waals surface area contributed by atoms with E-state index in [1.54, 1.807) is 30.7 Å². The van der Waals surface area contributed by atoms with Gasteiger partial charge in [-0.05, 0) is 33.8 Å². The standard InChI is InChI=1S/C25H30N8O3/c1-5-27-13-17-21(26)22(30-14(4)23-28-9-8-10-29-23)20(25(34)33-17)24-31-15-11-18(35-6-2)19(36-7-3)12-16(15)32-24/h8-14H,5-7,26H2,1-4H3,(H,31,32)(H2,30,33,34)/t14-/m0/s1. The number of rotatable bonds is 10. The van der Waals surface area contributed by atoms with Gasteiger partial charge in [0.25, 0.3) is 5.56 Å². The van der Waals surface area contributed by atoms with E-state index in [0.29, 0.717) is 71.0 Å². The third-order valence-corrected chi connectivity index (χ3v) is 5.41. The lowest BCUT2D eigenvalue weighted by Gasteiger charge is -2.19. The smallest absolute Gasteiger partial charge is 0.261 e. The number of aliphatic imine (C=N–C) groups is 1. The molecule has 11 nitrogen and oxygen atoms in total. The Balaban J connectivity index is 1.88. The molecule has 0 radical (unpaired) electrons. The van der Waals surface area contributed by atoms with Crippen molar-refractivity contribution < 1.29 is 9.47 Å². The fraction of sp³-hybridized carbons (Fsp3) is 0.320. The van der Waals surface area contributed by atoms with Crippen LogP contribution in [0, 0.1) is 0 Å². The number of aromatic amines is 2. The van der Waals surface area contributed by atoms with Crippen molar-refractivity contribution in [2.75, 3.05) is 30.8 Å². The second-order valence-corrected chi connectivity index (χ2v) is 7.90. The first-order valence-electron chi connectivity index (χ1n) is 11.8. The largest absolute Gasteiger partial charge is 0.490 e. The normalized spacial score (nSPS) is 12.2. The molecular formula is C25H30N8O3. The van der Waals surface area contributed by atoms with Crippen LogP contribution in [-0.4, -0.2) is 50.9 Å². The number of ether oxygens (including phenoxy) is 2. The molecule has 1 aromatic carbocycles. The van der Waals surface area contributed by atoms with Crippen LogP contribution < -0.4 is 26.1 Å². The summed E-state index contributed by atoms with van der Waals surface area (Å²) < 4.78 is 11.5. The van der Waals surface area contributed by atoms with E-state index >= 15 is 0 Å². The summed E-state index contributed by atoms with van der Waals surface area (Å²) in [4.78, 5) is 37.0. The van der Waals surface area contributed by atoms with Crippen LogP contribution in [0.25, 0.3) is 22.4 Å². The van der Waals surface area contributed by atoms with Crippen molar-refractivity contribution in [3.05, 3.63) is 52.5 Å². The van der Waals surface area contributed by atoms with Crippen LogP contribution in [0.3, 0.4) is 0 Å². The number of imidazole rings is 1. The van der Waals surface area contributed by atoms with Gasteiger partial charge in [0.05, 0.1) is 47.4 Å². The zero-order valence-electron chi connectivity index (χ0n) is 20.8. The van der Waals surface area contributed by atoms with Crippen LogP contribution in [0.4, 0.5) is 11.4 Å². The molecule has 4 rings (SSSR count). The molecular weight excluding hydrogens is 460 g/mol. The minimum absolute atomic E-state index is 0.260. The Morgan fingerprint density at radius 2 is 1.81 bits per heavy atom. The number of nitrogens with zero attached hydrogens (tertiary/aromatic N) is 4. The molecule has 0 saturated heterocycles. The van der Waals surface area contributed by atoms with E-state index in [1.165, 1.54) is 0 Å². The number of hydrogen-bond acceptors (Lipinski definition) is 9. The lowest BCUT2D eigenvalue weighted by molar-refractivity contribution is 0.288. The van der Waals surface area contributed by atoms with Crippen LogP contribution in [0.15, 0.2) is 40.4 Å². The molecule has 0 fully saturated rings. The quantitative estimate of drug-likeness (QED) is 0.245. The first-order chi connectivity index (χ1) is 17.5. The number of nitrogen functional groups attached to an aromatic ring is 1. The van der Waals surface area contributed by atoms with E-state index in [2.05, 4.69) is 30.2 Å². The van der Waals surface area contributed by atoms with E-state index in [9.17, 15) is 4.79 Å². The molecule has 0 unspecified atom stereocenters. The number of H-pyrrole nitrogens is 2. The van der Waals surface area contributed by atoms with Gasteiger partial charge in [0, 0.05) is 37.3 Å². The maximum absolute atomic E-state index is 13.4. The summed E-state index contributed by atoms with van der Waals surface area (Å²) in [6.07, 6.45) is 4.87. The molecule has 0 aliphatic carbocycles. The summed E-state index contributed by atoms with van der Waals surface area (Å²) >= 11 is 0. The number of nitrogens with two attached hydrogens (primary N) is 1. The van der Waals surface area contributed by atoms with Gasteiger partial charge < -0.3 is 30.5 Å². The fourth-order valence-electron chi connectivity index (χ4n) is 3.78. The average Bonchev–Trinajstić information content (AvgIpc) is 3.28. The lowest BCUT2D eigenvalue weighted by atomic mass is 10.1. The van der Waals surface area contributed by atoms with Crippen molar-refractivity contribution in [2.24, 2.45) is 4.99 Å². The molecule has 0 amide bonds. The fourth-order valence-corrected chi connectivity index (χ4v) is 3.78. The highest BCUT2D eigenvalue weighted by Gasteiger charge is 2.23. The SMILES string of the molecule is CCN=Cc1[nH]c(=O)c(-c2nc3cc(OCC)c(OCC)cc3[nH]2)c(N[C@@H](C)c2ncccn2)c1N. The van der Waals surface area contributed by atoms with Crippen LogP contribution in [0.1, 0.15) is 45.3 Å². The highest BCUT2D eigenvalue weighted by Crippen LogP contribution is 2.36. The Hall–Kier alpha value is -4.41. The molecule has 0 bridgehead atoms. The van der Waals surface area contributed by atoms with Crippen molar-refractivity contribution in [3.63, 3.8) is 0 Å². The van der Waals surface area contributed by atoms with Crippen LogP contribution in [0.2, 0.25) is 0 Å². The highest BCUT2D eigenvalue weighted by molar-refractivity contribution is 5.95. The Kier molecular flexibility index (Phi) is 7.47. The van der Waals surface area contributed by atoms with E-state index in [0.717, 1.165) is 0 Å². The molecule has 11 heteroatoms. The molecule has 36 heavy (non-hydrogen) atoms. The molecule has 188 valence electrons. The second kappa shape index (κ2) is 10.9. The molecule has 0 saturated carbocycles. The molecule has 3 aromatic heterocycles. The third kappa shape index (κ3) is 4.99. The van der Waals surface area contributed by atoms with Gasteiger partial charge in [0.1, 0.15) is 17.2 Å². The molecule has 0 aliphatic heterocycles. The Morgan fingerprint density at radius 3 is 2.47 bits per heavy atom. The predicted molar refractivity (Wildman–Crippen MR) is 141 cm³/mol. The Bertz CT molecular complexity index is 1390. The highest BCUT2D eigenvalue weighted by atomic mass is 16.5. The van der Waals surface area contributed by atoms with Crippen molar-refractivity contribution in [3.8, 4) is 22.9 Å². The Labute approximate surface area is 208 Å². The minimum Gasteiger partial charge on any atom is -0.490 e. The number of hydrogen-bond donors (Lipinski definition) is 4. The number of fused-ring (bicyclic) bond motifs is 1. The summed E-state index contributed by atoms with van der Waals surface area (Å²) in [5.74, 6) is 2.07. The minimum atomic E-state index is -0.375. The first kappa shape index (κ1) is 24.7. The van der Waals surface area contributed by atoms with Gasteiger partial charge in [0.15, 0.2) is 11.5 Å². The lowest BCUT2D eigenvalue weighted by Crippen LogP contribution is -2.21. The van der Waals surface area contributed by atoms with Crippen LogP contribution in [-0.2, 0) is 0 Å². The molecule has 1 atom stereocenters. The van der Waals surface area contributed by atoms with Gasteiger partial charge in [-0.1, -0.05) is 0 Å². The summed E-state index contributed by atoms with van der Waals surface area (Å²) in [7, 11) is 0. The summed E-state index contributed by atoms with van der Waals surface area (Å²) in [6.45, 7) is 9.10. The van der Waals surface area contributed by atoms with E-state index < -0.39 is 0 Å². The molecule has 0 spiro atoms. The molecule has 5 N–H and O–H groups in total. The van der Waals surface area contributed by atoms with Gasteiger partial charge in [-0.25, -0.2) is 15.0 Å². The number of benzene rings is 1. The van der Waals surface area contributed by atoms with Crippen LogP contribution in [0.5, 0.6) is 11.5 Å². The Morgan fingerprint density at radius 1 is 1.11 bits per heavy atom. The summed E-state index contributed by atoms with van der Waals surface area (Å²) in [6, 6.07) is 5.00. The zero-order valence-corrected chi connectivity index (χ0v) is 20.8. The van der Waals surface area contributed by atoms with Gasteiger partial charge in [-0.15, -0.1) is 0 Å². The van der Waals surface area contributed by atoms with Gasteiger partial charge in [0.2, 0.25) is 0 Å². The number of aromatic nitrogens is 5. The average molecular weight is 491 g/mol. The molecule has 3 heterocycles. The van der Waals surface area contributed by atoms with Crippen molar-refractivity contribution in [1.29, 1.82) is 0 Å². The van der Waals surface area contributed by atoms with E-state index in [-0.39, 0.29) is 17.2 Å². The van der Waals surface area contributed by atoms with Crippen LogP contribution >= 0.6 is 0 Å². The van der Waals surface area contributed by atoms with Gasteiger partial charge in [-0.3, -0.25) is 9.79 Å². The van der Waals surface area contributed by atoms with E-state index in [4.69, 9.17) is 20.2 Å². The predicted octanol–water partition coefficient (Wildman–Crippen LogP) is 3.70. The van der Waals surface area contributed by atoms with Gasteiger partial charge >= 0.3 is 0 Å².